The number of aromatic hydroxyl groups is 1. The number of nitrogens with zero attached hydrogens (tertiary/aromatic N) is 4. The first-order valence-corrected chi connectivity index (χ1v) is 9.33. The molecule has 0 unspecified atom stereocenters. The smallest absolute Gasteiger partial charge is 0.320 e. The third kappa shape index (κ3) is 5.00. The van der Waals surface area contributed by atoms with Gasteiger partial charge in [0.25, 0.3) is 5.91 Å². The zero-order valence-corrected chi connectivity index (χ0v) is 17.2. The summed E-state index contributed by atoms with van der Waals surface area (Å²) in [5, 5.41) is 28.9. The maximum atomic E-state index is 12.4. The number of aromatic nitrogens is 2. The number of hydrogen-bond acceptors (Lipinski definition) is 7. The normalized spacial score (nSPS) is 10.9. The third-order valence-electron chi connectivity index (χ3n) is 4.02. The molecule has 3 aromatic rings. The van der Waals surface area contributed by atoms with Gasteiger partial charge in [0.15, 0.2) is 0 Å². The van der Waals surface area contributed by atoms with Crippen LogP contribution in [0.2, 0.25) is 0 Å². The summed E-state index contributed by atoms with van der Waals surface area (Å²) in [5.41, 5.74) is 2.52. The molecule has 3 rings (SSSR count). The van der Waals surface area contributed by atoms with Gasteiger partial charge < -0.3 is 9.84 Å². The average molecular weight is 474 g/mol. The highest BCUT2D eigenvalue weighted by atomic mass is 79.9. The number of amides is 1. The van der Waals surface area contributed by atoms with Crippen LogP contribution in [0.5, 0.6) is 11.5 Å². The maximum Gasteiger partial charge on any atom is 0.320 e. The number of ether oxygens (including phenoxy) is 1. The van der Waals surface area contributed by atoms with Gasteiger partial charge in [-0.05, 0) is 35.9 Å². The molecular weight excluding hydrogens is 458 g/mol. The van der Waals surface area contributed by atoms with Crippen molar-refractivity contribution in [3.05, 3.63) is 80.1 Å². The summed E-state index contributed by atoms with van der Waals surface area (Å²) < 4.78 is 7.27. The van der Waals surface area contributed by atoms with E-state index in [-0.39, 0.29) is 18.0 Å². The highest BCUT2D eigenvalue weighted by molar-refractivity contribution is 9.10. The Hall–Kier alpha value is -3.73. The van der Waals surface area contributed by atoms with Crippen LogP contribution in [0, 0.1) is 10.1 Å². The van der Waals surface area contributed by atoms with Gasteiger partial charge >= 0.3 is 5.69 Å². The number of rotatable bonds is 7. The molecule has 30 heavy (non-hydrogen) atoms. The van der Waals surface area contributed by atoms with Crippen molar-refractivity contribution in [3.8, 4) is 11.5 Å². The van der Waals surface area contributed by atoms with Crippen LogP contribution in [0.3, 0.4) is 0 Å². The second-order valence-corrected chi connectivity index (χ2v) is 6.98. The van der Waals surface area contributed by atoms with E-state index >= 15 is 0 Å². The fraction of sp³-hybridized carbons (Fsp3) is 0.105. The van der Waals surface area contributed by atoms with Crippen LogP contribution in [0.1, 0.15) is 21.6 Å². The van der Waals surface area contributed by atoms with Crippen molar-refractivity contribution < 1.29 is 19.6 Å². The topological polar surface area (TPSA) is 132 Å². The molecule has 10 nitrogen and oxygen atoms in total. The third-order valence-corrected chi connectivity index (χ3v) is 4.55. The van der Waals surface area contributed by atoms with Crippen molar-refractivity contribution >= 4 is 33.7 Å². The average Bonchev–Trinajstić information content (AvgIpc) is 3.15. The molecule has 0 saturated heterocycles. The Bertz CT molecular complexity index is 1110. The van der Waals surface area contributed by atoms with Crippen molar-refractivity contribution in [2.24, 2.45) is 5.10 Å². The van der Waals surface area contributed by atoms with E-state index in [1.54, 1.807) is 6.07 Å². The summed E-state index contributed by atoms with van der Waals surface area (Å²) in [4.78, 5) is 23.0. The fourth-order valence-electron chi connectivity index (χ4n) is 2.54. The molecule has 0 atom stereocenters. The SMILES string of the molecule is COc1ccc(O)c(/C=N\NC(=O)c2nn(Cc3ccc(Br)cc3)cc2[N+](=O)[O-])c1. The van der Waals surface area contributed by atoms with Gasteiger partial charge in [-0.3, -0.25) is 19.6 Å². The van der Waals surface area contributed by atoms with Crippen LogP contribution in [-0.2, 0) is 6.54 Å². The minimum atomic E-state index is -0.852. The van der Waals surface area contributed by atoms with Crippen LogP contribution < -0.4 is 10.2 Å². The van der Waals surface area contributed by atoms with Crippen molar-refractivity contribution in [1.82, 2.24) is 15.2 Å². The standard InChI is InChI=1S/C19H16BrN5O5/c1-30-15-6-7-17(26)13(8-15)9-21-22-19(27)18-16(25(28)29)11-24(23-18)10-12-2-4-14(20)5-3-12/h2-9,11,26H,10H2,1H3,(H,22,27)/b21-9-. The molecular formula is C19H16BrN5O5. The van der Waals surface area contributed by atoms with Crippen LogP contribution in [0.4, 0.5) is 5.69 Å². The van der Waals surface area contributed by atoms with Crippen molar-refractivity contribution in [2.45, 2.75) is 6.54 Å². The van der Waals surface area contributed by atoms with E-state index in [1.165, 1.54) is 36.3 Å². The summed E-state index contributed by atoms with van der Waals surface area (Å²) in [7, 11) is 1.47. The number of methoxy groups -OCH3 is 1. The van der Waals surface area contributed by atoms with Crippen LogP contribution in [0.25, 0.3) is 0 Å². The molecule has 11 heteroatoms. The Balaban J connectivity index is 1.77. The molecule has 2 N–H and O–H groups in total. The number of hydrogen-bond donors (Lipinski definition) is 2. The number of carbonyl (C=O) groups excluding carboxylic acids is 1. The van der Waals surface area contributed by atoms with E-state index in [4.69, 9.17) is 4.74 Å². The summed E-state index contributed by atoms with van der Waals surface area (Å²) in [5.74, 6) is -0.434. The van der Waals surface area contributed by atoms with Gasteiger partial charge in [-0.1, -0.05) is 28.1 Å². The molecule has 0 fully saturated rings. The molecule has 154 valence electrons. The summed E-state index contributed by atoms with van der Waals surface area (Å²) in [6.45, 7) is 0.252. The van der Waals surface area contributed by atoms with E-state index in [0.717, 1.165) is 10.0 Å². The zero-order chi connectivity index (χ0) is 21.7. The van der Waals surface area contributed by atoms with Crippen LogP contribution in [-0.4, -0.2) is 39.0 Å². The Morgan fingerprint density at radius 2 is 2.10 bits per heavy atom. The number of phenols is 1. The second kappa shape index (κ2) is 9.18. The quantitative estimate of drug-likeness (QED) is 0.307. The minimum Gasteiger partial charge on any atom is -0.507 e. The summed E-state index contributed by atoms with van der Waals surface area (Å²) in [6, 6.07) is 11.8. The monoisotopic (exact) mass is 473 g/mol. The number of carbonyl (C=O) groups is 1. The number of benzene rings is 2. The Morgan fingerprint density at radius 1 is 1.37 bits per heavy atom. The van der Waals surface area contributed by atoms with Crippen LogP contribution in [0.15, 0.2) is 58.2 Å². The van der Waals surface area contributed by atoms with Gasteiger partial charge in [-0.25, -0.2) is 5.43 Å². The molecule has 1 amide bonds. The largest absolute Gasteiger partial charge is 0.507 e. The lowest BCUT2D eigenvalue weighted by Gasteiger charge is -2.03. The molecule has 0 aliphatic rings. The van der Waals surface area contributed by atoms with E-state index in [9.17, 15) is 20.0 Å². The Labute approximate surface area is 179 Å². The summed E-state index contributed by atoms with van der Waals surface area (Å²) in [6.07, 6.45) is 2.38. The second-order valence-electron chi connectivity index (χ2n) is 6.07. The maximum absolute atomic E-state index is 12.4. The number of phenolic OH excluding ortho intramolecular Hbond substituents is 1. The first-order chi connectivity index (χ1) is 14.4. The molecule has 1 heterocycles. The van der Waals surface area contributed by atoms with Crippen LogP contribution >= 0.6 is 15.9 Å². The van der Waals surface area contributed by atoms with Gasteiger partial charge in [0, 0.05) is 10.0 Å². The van der Waals surface area contributed by atoms with Crippen molar-refractivity contribution in [1.29, 1.82) is 0 Å². The van der Waals surface area contributed by atoms with Gasteiger partial charge in [0.2, 0.25) is 5.69 Å². The summed E-state index contributed by atoms with van der Waals surface area (Å²) >= 11 is 3.34. The van der Waals surface area contributed by atoms with E-state index in [0.29, 0.717) is 11.3 Å². The number of halogens is 1. The molecule has 0 aliphatic carbocycles. The molecule has 0 saturated carbocycles. The molecule has 0 aliphatic heterocycles. The lowest BCUT2D eigenvalue weighted by Crippen LogP contribution is -2.19. The highest BCUT2D eigenvalue weighted by Gasteiger charge is 2.25. The fourth-order valence-corrected chi connectivity index (χ4v) is 2.80. The van der Waals surface area contributed by atoms with Gasteiger partial charge in [-0.15, -0.1) is 0 Å². The molecule has 2 aromatic carbocycles. The minimum absolute atomic E-state index is 0.0708. The lowest BCUT2D eigenvalue weighted by atomic mass is 10.2. The van der Waals surface area contributed by atoms with Crippen molar-refractivity contribution in [2.75, 3.05) is 7.11 Å². The first-order valence-electron chi connectivity index (χ1n) is 8.54. The molecule has 0 radical (unpaired) electrons. The highest BCUT2D eigenvalue weighted by Crippen LogP contribution is 2.21. The number of nitro groups is 1. The molecule has 1 aromatic heterocycles. The number of nitrogens with one attached hydrogen (secondary N) is 1. The lowest BCUT2D eigenvalue weighted by molar-refractivity contribution is -0.385. The Morgan fingerprint density at radius 3 is 2.77 bits per heavy atom. The van der Waals surface area contributed by atoms with E-state index in [1.807, 2.05) is 24.3 Å². The molecule has 0 spiro atoms. The predicted molar refractivity (Wildman–Crippen MR) is 112 cm³/mol. The Kier molecular flexibility index (Phi) is 6.42. The van der Waals surface area contributed by atoms with Crippen molar-refractivity contribution in [3.63, 3.8) is 0 Å². The van der Waals surface area contributed by atoms with Gasteiger partial charge in [0.1, 0.15) is 17.7 Å². The zero-order valence-electron chi connectivity index (χ0n) is 15.7. The van der Waals surface area contributed by atoms with Gasteiger partial charge in [0.05, 0.1) is 24.8 Å². The first kappa shape index (κ1) is 21.0. The number of hydrazone groups is 1. The van der Waals surface area contributed by atoms with Gasteiger partial charge in [-0.2, -0.15) is 10.2 Å². The van der Waals surface area contributed by atoms with E-state index < -0.39 is 16.5 Å². The molecule has 0 bridgehead atoms. The predicted octanol–water partition coefficient (Wildman–Crippen LogP) is 3.08. The van der Waals surface area contributed by atoms with E-state index in [2.05, 4.69) is 31.6 Å².